The van der Waals surface area contributed by atoms with Crippen LogP contribution in [0.4, 0.5) is 20.6 Å². The molecule has 0 bridgehead atoms. The van der Waals surface area contributed by atoms with Gasteiger partial charge in [-0.2, -0.15) is 0 Å². The Bertz CT molecular complexity index is 1150. The number of likely N-dealkylation sites (N-methyl/N-ethyl adjacent to an activating group) is 1. The fourth-order valence-electron chi connectivity index (χ4n) is 4.54. The number of nitrogens with one attached hydrogen (secondary N) is 3. The fourth-order valence-corrected chi connectivity index (χ4v) is 4.54. The van der Waals surface area contributed by atoms with Gasteiger partial charge < -0.3 is 35.1 Å². The van der Waals surface area contributed by atoms with Crippen LogP contribution in [-0.4, -0.2) is 74.9 Å². The van der Waals surface area contributed by atoms with E-state index in [4.69, 9.17) is 14.2 Å². The minimum absolute atomic E-state index is 0.108. The highest BCUT2D eigenvalue weighted by molar-refractivity contribution is 6.02. The van der Waals surface area contributed by atoms with Crippen molar-refractivity contribution >= 4 is 29.2 Å². The first-order chi connectivity index (χ1) is 17.8. The number of carbonyl (C=O) groups excluding carboxylic acids is 3. The van der Waals surface area contributed by atoms with Crippen molar-refractivity contribution in [1.29, 1.82) is 0 Å². The number of hydrogen-bond acceptors (Lipinski definition) is 6. The Labute approximate surface area is 214 Å². The second kappa shape index (κ2) is 12.0. The number of amides is 4. The Hall–Kier alpha value is -3.70. The topological polar surface area (TPSA) is 118 Å². The van der Waals surface area contributed by atoms with Crippen LogP contribution in [0.1, 0.15) is 29.6 Å². The number of hydrogen-bond donors (Lipinski definition) is 3. The molecule has 0 saturated carbocycles. The summed E-state index contributed by atoms with van der Waals surface area (Å²) >= 11 is 0. The zero-order chi connectivity index (χ0) is 26.4. The average Bonchev–Trinajstić information content (AvgIpc) is 2.86. The molecule has 11 heteroatoms. The lowest BCUT2D eigenvalue weighted by atomic mass is 9.94. The fraction of sp³-hybridized carbons (Fsp3) is 0.423. The van der Waals surface area contributed by atoms with E-state index in [1.165, 1.54) is 18.2 Å². The molecule has 0 spiro atoms. The van der Waals surface area contributed by atoms with E-state index in [9.17, 15) is 18.8 Å². The van der Waals surface area contributed by atoms with Crippen LogP contribution in [0.15, 0.2) is 42.5 Å². The molecule has 2 aliphatic rings. The van der Waals surface area contributed by atoms with Gasteiger partial charge >= 0.3 is 6.03 Å². The highest BCUT2D eigenvalue weighted by atomic mass is 19.1. The predicted molar refractivity (Wildman–Crippen MR) is 134 cm³/mol. The Morgan fingerprint density at radius 3 is 2.68 bits per heavy atom. The van der Waals surface area contributed by atoms with Crippen molar-refractivity contribution in [3.05, 3.63) is 53.8 Å². The molecule has 1 fully saturated rings. The molecule has 10 nitrogen and oxygen atoms in total. The Balaban J connectivity index is 1.40. The van der Waals surface area contributed by atoms with Crippen molar-refractivity contribution < 1.29 is 33.0 Å². The minimum Gasteiger partial charge on any atom is -0.490 e. The van der Waals surface area contributed by atoms with Crippen LogP contribution in [0, 0.1) is 5.82 Å². The van der Waals surface area contributed by atoms with Gasteiger partial charge in [-0.25, -0.2) is 9.18 Å². The second-order valence-corrected chi connectivity index (χ2v) is 9.02. The number of fused-ring (bicyclic) bond motifs is 2. The number of ether oxygens (including phenoxy) is 3. The zero-order valence-electron chi connectivity index (χ0n) is 20.8. The maximum absolute atomic E-state index is 13.4. The Morgan fingerprint density at radius 1 is 1.14 bits per heavy atom. The van der Waals surface area contributed by atoms with Crippen LogP contribution >= 0.6 is 0 Å². The van der Waals surface area contributed by atoms with Crippen LogP contribution in [0.5, 0.6) is 5.75 Å². The standard InChI is InChI=1S/C26H31FN4O6/c1-31-21-8-7-19(14-24(32)28-10-11-35-2)37-23(21)15-36-22-9-6-18(13-20(22)25(31)33)30-26(34)29-17-5-3-4-16(27)12-17/h3-6,9,12-13,19,21,23H,7-8,10-11,14-15H2,1-2H3,(H,28,32)(H2,29,30,34)/t19-,21-,23-/m0/s1. The predicted octanol–water partition coefficient (Wildman–Crippen LogP) is 3.00. The van der Waals surface area contributed by atoms with Gasteiger partial charge in [-0.15, -0.1) is 0 Å². The van der Waals surface area contributed by atoms with Gasteiger partial charge in [-0.1, -0.05) is 6.07 Å². The Morgan fingerprint density at radius 2 is 1.92 bits per heavy atom. The van der Waals surface area contributed by atoms with E-state index < -0.39 is 11.8 Å². The van der Waals surface area contributed by atoms with E-state index in [1.54, 1.807) is 43.3 Å². The van der Waals surface area contributed by atoms with Crippen LogP contribution < -0.4 is 20.7 Å². The summed E-state index contributed by atoms with van der Waals surface area (Å²) in [4.78, 5) is 39.6. The summed E-state index contributed by atoms with van der Waals surface area (Å²) in [6, 6.07) is 9.53. The summed E-state index contributed by atoms with van der Waals surface area (Å²) in [5.74, 6) is -0.470. The molecule has 198 valence electrons. The largest absolute Gasteiger partial charge is 0.490 e. The quantitative estimate of drug-likeness (QED) is 0.489. The molecule has 2 aromatic rings. The van der Waals surface area contributed by atoms with E-state index in [0.717, 1.165) is 0 Å². The lowest BCUT2D eigenvalue weighted by Gasteiger charge is -2.42. The number of urea groups is 1. The van der Waals surface area contributed by atoms with Crippen LogP contribution in [0.3, 0.4) is 0 Å². The van der Waals surface area contributed by atoms with Crippen LogP contribution in [-0.2, 0) is 14.3 Å². The van der Waals surface area contributed by atoms with E-state index in [0.29, 0.717) is 48.7 Å². The van der Waals surface area contributed by atoms with E-state index in [-0.39, 0.29) is 43.1 Å². The number of nitrogens with zero attached hydrogens (tertiary/aromatic N) is 1. The molecule has 4 amide bonds. The number of rotatable bonds is 7. The maximum atomic E-state index is 13.4. The van der Waals surface area contributed by atoms with Gasteiger partial charge in [-0.3, -0.25) is 9.59 Å². The number of halogens is 1. The third-order valence-corrected chi connectivity index (χ3v) is 6.39. The molecule has 2 aromatic carbocycles. The summed E-state index contributed by atoms with van der Waals surface area (Å²) in [5.41, 5.74) is 0.996. The molecular weight excluding hydrogens is 483 g/mol. The molecular formula is C26H31FN4O6. The van der Waals surface area contributed by atoms with Gasteiger partial charge in [0.2, 0.25) is 5.91 Å². The average molecular weight is 515 g/mol. The van der Waals surface area contributed by atoms with Crippen molar-refractivity contribution in [3.8, 4) is 5.75 Å². The SMILES string of the molecule is COCCNC(=O)C[C@@H]1CC[C@H]2[C@H](COc3ccc(NC(=O)Nc4cccc(F)c4)cc3C(=O)N2C)O1. The van der Waals surface area contributed by atoms with Gasteiger partial charge in [0.15, 0.2) is 0 Å². The summed E-state index contributed by atoms with van der Waals surface area (Å²) < 4.78 is 30.5. The molecule has 0 aromatic heterocycles. The smallest absolute Gasteiger partial charge is 0.323 e. The van der Waals surface area contributed by atoms with Crippen molar-refractivity contribution in [2.24, 2.45) is 0 Å². The molecule has 0 aliphatic carbocycles. The number of carbonyl (C=O) groups is 3. The highest BCUT2D eigenvalue weighted by Gasteiger charge is 2.39. The van der Waals surface area contributed by atoms with Crippen LogP contribution in [0.2, 0.25) is 0 Å². The van der Waals surface area contributed by atoms with E-state index in [2.05, 4.69) is 16.0 Å². The second-order valence-electron chi connectivity index (χ2n) is 9.02. The lowest BCUT2D eigenvalue weighted by molar-refractivity contribution is -0.134. The molecule has 3 N–H and O–H groups in total. The zero-order valence-corrected chi connectivity index (χ0v) is 20.8. The van der Waals surface area contributed by atoms with Crippen molar-refractivity contribution in [2.45, 2.75) is 37.5 Å². The van der Waals surface area contributed by atoms with Crippen molar-refractivity contribution in [3.63, 3.8) is 0 Å². The normalized spacial score (nSPS) is 21.0. The summed E-state index contributed by atoms with van der Waals surface area (Å²) in [6.07, 6.45) is 0.870. The number of anilines is 2. The highest BCUT2D eigenvalue weighted by Crippen LogP contribution is 2.32. The van der Waals surface area contributed by atoms with Gasteiger partial charge in [0, 0.05) is 32.1 Å². The molecule has 37 heavy (non-hydrogen) atoms. The first-order valence-corrected chi connectivity index (χ1v) is 12.1. The first kappa shape index (κ1) is 26.4. The molecule has 1 saturated heterocycles. The minimum atomic E-state index is -0.573. The van der Waals surface area contributed by atoms with E-state index in [1.807, 2.05) is 0 Å². The summed E-state index contributed by atoms with van der Waals surface area (Å²) in [7, 11) is 3.29. The molecule has 2 aliphatic heterocycles. The summed E-state index contributed by atoms with van der Waals surface area (Å²) in [5, 5.41) is 8.01. The van der Waals surface area contributed by atoms with Crippen molar-refractivity contribution in [1.82, 2.24) is 10.2 Å². The molecule has 0 unspecified atom stereocenters. The number of methoxy groups -OCH3 is 1. The maximum Gasteiger partial charge on any atom is 0.323 e. The lowest BCUT2D eigenvalue weighted by Crippen LogP contribution is -2.54. The number of benzene rings is 2. The van der Waals surface area contributed by atoms with Gasteiger partial charge in [0.05, 0.1) is 30.7 Å². The molecule has 4 rings (SSSR count). The molecule has 0 radical (unpaired) electrons. The van der Waals surface area contributed by atoms with Crippen LogP contribution in [0.25, 0.3) is 0 Å². The van der Waals surface area contributed by atoms with E-state index >= 15 is 0 Å². The monoisotopic (exact) mass is 514 g/mol. The van der Waals surface area contributed by atoms with Gasteiger partial charge in [0.25, 0.3) is 5.91 Å². The third-order valence-electron chi connectivity index (χ3n) is 6.39. The first-order valence-electron chi connectivity index (χ1n) is 12.1. The van der Waals surface area contributed by atoms with Gasteiger partial charge in [0.1, 0.15) is 24.3 Å². The van der Waals surface area contributed by atoms with Crippen molar-refractivity contribution in [2.75, 3.05) is 44.5 Å². The molecule has 2 heterocycles. The van der Waals surface area contributed by atoms with Gasteiger partial charge in [-0.05, 0) is 49.2 Å². The Kier molecular flexibility index (Phi) is 8.57. The summed E-state index contributed by atoms with van der Waals surface area (Å²) in [6.45, 7) is 1.09. The third kappa shape index (κ3) is 6.75. The molecule has 3 atom stereocenters.